The summed E-state index contributed by atoms with van der Waals surface area (Å²) in [6.07, 6.45) is 2.10. The summed E-state index contributed by atoms with van der Waals surface area (Å²) in [7, 11) is 3.69. The van der Waals surface area contributed by atoms with E-state index in [2.05, 4.69) is 35.4 Å². The van der Waals surface area contributed by atoms with Gasteiger partial charge in [-0.1, -0.05) is 12.6 Å². The average molecular weight is 317 g/mol. The molecule has 1 aliphatic heterocycles. The van der Waals surface area contributed by atoms with Crippen molar-refractivity contribution in [2.45, 2.75) is 6.92 Å². The molecule has 1 fully saturated rings. The lowest BCUT2D eigenvalue weighted by atomic mass is 10.0. The average Bonchev–Trinajstić information content (AvgIpc) is 2.47. The van der Waals surface area contributed by atoms with E-state index in [0.717, 1.165) is 35.6 Å². The Bertz CT molecular complexity index is 653. The third-order valence-electron chi connectivity index (χ3n) is 4.20. The molecular weight excluding hydrogens is 290 g/mol. The molecule has 1 aromatic rings. The highest BCUT2D eigenvalue weighted by molar-refractivity contribution is 5.95. The number of carbonyl (C=O) groups is 1. The molecule has 0 aliphatic carbocycles. The summed E-state index contributed by atoms with van der Waals surface area (Å²) < 4.78 is 4.96. The Balaban J connectivity index is 2.20. The number of hydrogen-bond acceptors (Lipinski definition) is 4. The van der Waals surface area contributed by atoms with E-state index in [9.17, 15) is 4.79 Å². The molecule has 0 spiro atoms. The van der Waals surface area contributed by atoms with Gasteiger partial charge < -0.3 is 20.3 Å². The molecule has 0 atom stereocenters. The Morgan fingerprint density at radius 2 is 2.26 bits per heavy atom. The molecule has 0 bridgehead atoms. The lowest BCUT2D eigenvalue weighted by Crippen LogP contribution is -2.47. The first-order valence-electron chi connectivity index (χ1n) is 8.01. The van der Waals surface area contributed by atoms with E-state index >= 15 is 0 Å². The van der Waals surface area contributed by atoms with Crippen molar-refractivity contribution in [2.75, 3.05) is 46.9 Å². The number of nitrogens with zero attached hydrogens (tertiary/aromatic N) is 1. The second-order valence-electron chi connectivity index (χ2n) is 6.15. The number of nitrogens with one attached hydrogen (secondary N) is 2. The van der Waals surface area contributed by atoms with Gasteiger partial charge in [-0.25, -0.2) is 0 Å². The maximum absolute atomic E-state index is 12.3. The van der Waals surface area contributed by atoms with E-state index in [4.69, 9.17) is 4.74 Å². The van der Waals surface area contributed by atoms with Gasteiger partial charge in [0.25, 0.3) is 5.91 Å². The summed E-state index contributed by atoms with van der Waals surface area (Å²) in [4.78, 5) is 14.5. The Hall–Kier alpha value is -1.85. The van der Waals surface area contributed by atoms with E-state index < -0.39 is 0 Å². The highest BCUT2D eigenvalue weighted by atomic mass is 16.5. The van der Waals surface area contributed by atoms with E-state index in [-0.39, 0.29) is 5.91 Å². The molecule has 2 rings (SSSR count). The molecular formula is C18H27N3O2. The largest absolute Gasteiger partial charge is 0.383 e. The molecule has 126 valence electrons. The fraction of sp³-hybridized carbons (Fsp3) is 0.500. The number of rotatable bonds is 7. The zero-order valence-corrected chi connectivity index (χ0v) is 14.3. The van der Waals surface area contributed by atoms with Crippen LogP contribution in [-0.4, -0.2) is 57.8 Å². The van der Waals surface area contributed by atoms with Crippen LogP contribution >= 0.6 is 0 Å². The van der Waals surface area contributed by atoms with Gasteiger partial charge in [0.05, 0.1) is 6.61 Å². The first-order valence-corrected chi connectivity index (χ1v) is 8.01. The quantitative estimate of drug-likeness (QED) is 0.676. The van der Waals surface area contributed by atoms with Gasteiger partial charge in [0, 0.05) is 63.2 Å². The predicted octanol–water partition coefficient (Wildman–Crippen LogP) is -0.329. The maximum Gasteiger partial charge on any atom is 0.251 e. The minimum absolute atomic E-state index is 0.0694. The fourth-order valence-corrected chi connectivity index (χ4v) is 2.73. The normalized spacial score (nSPS) is 15.3. The van der Waals surface area contributed by atoms with Crippen molar-refractivity contribution in [3.8, 4) is 0 Å². The van der Waals surface area contributed by atoms with Crippen LogP contribution in [0, 0.1) is 12.8 Å². The second-order valence-corrected chi connectivity index (χ2v) is 6.15. The molecule has 23 heavy (non-hydrogen) atoms. The molecule has 5 nitrogen and oxygen atoms in total. The lowest BCUT2D eigenvalue weighted by Gasteiger charge is -2.30. The van der Waals surface area contributed by atoms with Crippen LogP contribution in [0.4, 0.5) is 0 Å². The summed E-state index contributed by atoms with van der Waals surface area (Å²) in [5, 5.41) is 8.12. The molecule has 1 aliphatic rings. The first-order chi connectivity index (χ1) is 11.0. The standard InChI is InChI=1S/C18H27N3O2/c1-13-5-6-16(18(22)20-7-8-23-4)14(2)17(13)12-21(3)11-15-9-19-10-15/h5-6,12,15,19H,1,7-11H2,2-4H3,(H,20,22)/b17-12+. The SMILES string of the molecule is C=c1ccc(C(=O)NCCOC)c(C)/c1=C/N(C)CC1CNC1. The monoisotopic (exact) mass is 317 g/mol. The van der Waals surface area contributed by atoms with E-state index in [1.54, 1.807) is 7.11 Å². The van der Waals surface area contributed by atoms with Gasteiger partial charge in [-0.2, -0.15) is 0 Å². The molecule has 1 aromatic carbocycles. The van der Waals surface area contributed by atoms with Gasteiger partial charge in [-0.05, 0) is 23.8 Å². The second kappa shape index (κ2) is 8.13. The van der Waals surface area contributed by atoms with Gasteiger partial charge >= 0.3 is 0 Å². The summed E-state index contributed by atoms with van der Waals surface area (Å²) in [6.45, 7) is 10.3. The number of amides is 1. The number of hydrogen-bond donors (Lipinski definition) is 2. The highest BCUT2D eigenvalue weighted by Gasteiger charge is 2.17. The first kappa shape index (κ1) is 17.5. The van der Waals surface area contributed by atoms with Crippen LogP contribution in [0.5, 0.6) is 0 Å². The van der Waals surface area contributed by atoms with Crippen LogP contribution in [0.2, 0.25) is 0 Å². The lowest BCUT2D eigenvalue weighted by molar-refractivity contribution is 0.0936. The highest BCUT2D eigenvalue weighted by Crippen LogP contribution is 2.05. The van der Waals surface area contributed by atoms with Crippen LogP contribution in [-0.2, 0) is 4.74 Å². The summed E-state index contributed by atoms with van der Waals surface area (Å²) in [6, 6.07) is 3.75. The van der Waals surface area contributed by atoms with Crippen molar-refractivity contribution in [1.29, 1.82) is 0 Å². The topological polar surface area (TPSA) is 53.6 Å². The molecule has 0 aromatic heterocycles. The van der Waals surface area contributed by atoms with Crippen molar-refractivity contribution < 1.29 is 9.53 Å². The molecule has 0 radical (unpaired) electrons. The van der Waals surface area contributed by atoms with E-state index in [1.165, 1.54) is 0 Å². The summed E-state index contributed by atoms with van der Waals surface area (Å²) >= 11 is 0. The van der Waals surface area contributed by atoms with Crippen molar-refractivity contribution in [2.24, 2.45) is 5.92 Å². The van der Waals surface area contributed by atoms with Gasteiger partial charge in [0.15, 0.2) is 0 Å². The molecule has 1 heterocycles. The maximum atomic E-state index is 12.3. The Kier molecular flexibility index (Phi) is 6.19. The predicted molar refractivity (Wildman–Crippen MR) is 93.6 cm³/mol. The molecule has 1 amide bonds. The Morgan fingerprint density at radius 3 is 2.87 bits per heavy atom. The van der Waals surface area contributed by atoms with Crippen LogP contribution in [0.25, 0.3) is 12.8 Å². The van der Waals surface area contributed by atoms with Gasteiger partial charge in [0.1, 0.15) is 0 Å². The zero-order valence-electron chi connectivity index (χ0n) is 14.3. The molecule has 1 saturated heterocycles. The Labute approximate surface area is 138 Å². The van der Waals surface area contributed by atoms with Gasteiger partial charge in [-0.3, -0.25) is 4.79 Å². The van der Waals surface area contributed by atoms with Crippen molar-refractivity contribution >= 4 is 18.7 Å². The molecule has 2 N–H and O–H groups in total. The third kappa shape index (κ3) is 4.56. The van der Waals surface area contributed by atoms with Crippen molar-refractivity contribution in [3.05, 3.63) is 33.7 Å². The van der Waals surface area contributed by atoms with Crippen LogP contribution in [0.3, 0.4) is 0 Å². The third-order valence-corrected chi connectivity index (χ3v) is 4.20. The number of benzene rings is 1. The molecule has 0 unspecified atom stereocenters. The van der Waals surface area contributed by atoms with Gasteiger partial charge in [0.2, 0.25) is 0 Å². The van der Waals surface area contributed by atoms with Gasteiger partial charge in [-0.15, -0.1) is 0 Å². The minimum atomic E-state index is -0.0694. The summed E-state index contributed by atoms with van der Waals surface area (Å²) in [5.74, 6) is 0.630. The van der Waals surface area contributed by atoms with Crippen LogP contribution < -0.4 is 21.1 Å². The van der Waals surface area contributed by atoms with E-state index in [1.807, 2.05) is 19.1 Å². The number of carbonyl (C=O) groups excluding carboxylic acids is 1. The van der Waals surface area contributed by atoms with E-state index in [0.29, 0.717) is 24.6 Å². The fourth-order valence-electron chi connectivity index (χ4n) is 2.73. The summed E-state index contributed by atoms with van der Waals surface area (Å²) in [5.41, 5.74) is 1.66. The van der Waals surface area contributed by atoms with Crippen molar-refractivity contribution in [1.82, 2.24) is 15.5 Å². The smallest absolute Gasteiger partial charge is 0.251 e. The van der Waals surface area contributed by atoms with Crippen molar-refractivity contribution in [3.63, 3.8) is 0 Å². The zero-order chi connectivity index (χ0) is 16.8. The molecule has 0 saturated carbocycles. The molecule has 5 heteroatoms. The Morgan fingerprint density at radius 1 is 1.52 bits per heavy atom. The number of ether oxygens (including phenoxy) is 1. The minimum Gasteiger partial charge on any atom is -0.383 e. The van der Waals surface area contributed by atoms with Crippen LogP contribution in [0.1, 0.15) is 15.9 Å². The number of methoxy groups -OCH3 is 1. The van der Waals surface area contributed by atoms with Crippen LogP contribution in [0.15, 0.2) is 12.1 Å².